The summed E-state index contributed by atoms with van der Waals surface area (Å²) in [5, 5.41) is 3.03. The highest BCUT2D eigenvalue weighted by Gasteiger charge is 2.52. The van der Waals surface area contributed by atoms with Crippen molar-refractivity contribution in [1.82, 2.24) is 10.2 Å². The molecule has 1 unspecified atom stereocenters. The summed E-state index contributed by atoms with van der Waals surface area (Å²) in [5.41, 5.74) is -0.519. The van der Waals surface area contributed by atoms with Crippen LogP contribution < -0.4 is 5.32 Å². The molecule has 2 amide bonds. The molecule has 1 aliphatic heterocycles. The van der Waals surface area contributed by atoms with Crippen molar-refractivity contribution < 1.29 is 9.59 Å². The van der Waals surface area contributed by atoms with E-state index in [1.54, 1.807) is 0 Å². The molecule has 2 saturated carbocycles. The highest BCUT2D eigenvalue weighted by molar-refractivity contribution is 5.99. The second kappa shape index (κ2) is 5.98. The predicted octanol–water partition coefficient (Wildman–Crippen LogP) is 2.62. The van der Waals surface area contributed by atoms with Crippen LogP contribution in [0.15, 0.2) is 0 Å². The van der Waals surface area contributed by atoms with Gasteiger partial charge < -0.3 is 10.2 Å². The number of nitrogens with one attached hydrogen (secondary N) is 1. The second-order valence-electron chi connectivity index (χ2n) is 7.13. The van der Waals surface area contributed by atoms with Crippen molar-refractivity contribution in [3.8, 4) is 0 Å². The molecule has 0 aromatic carbocycles. The maximum absolute atomic E-state index is 12.9. The molecule has 3 aliphatic rings. The van der Waals surface area contributed by atoms with E-state index in [0.717, 1.165) is 57.4 Å². The Labute approximate surface area is 127 Å². The third-order valence-corrected chi connectivity index (χ3v) is 5.52. The first-order valence-electron chi connectivity index (χ1n) is 8.80. The SMILES string of the molecule is CCCC1NC(=O)C2(CCCCC2)N(CCC2CC2)C1=O. The van der Waals surface area contributed by atoms with E-state index in [9.17, 15) is 9.59 Å². The normalized spacial score (nSPS) is 28.8. The quantitative estimate of drug-likeness (QED) is 0.847. The molecule has 118 valence electrons. The number of carbonyl (C=O) groups is 2. The van der Waals surface area contributed by atoms with Crippen LogP contribution in [0.1, 0.15) is 71.1 Å². The second-order valence-corrected chi connectivity index (χ2v) is 7.13. The first kappa shape index (κ1) is 14.9. The number of carbonyl (C=O) groups excluding carboxylic acids is 2. The van der Waals surface area contributed by atoms with Gasteiger partial charge in [0.15, 0.2) is 0 Å². The molecule has 4 heteroatoms. The van der Waals surface area contributed by atoms with Gasteiger partial charge in [-0.05, 0) is 31.6 Å². The van der Waals surface area contributed by atoms with E-state index in [4.69, 9.17) is 0 Å². The molecule has 0 aromatic rings. The lowest BCUT2D eigenvalue weighted by atomic mass is 9.77. The molecule has 21 heavy (non-hydrogen) atoms. The van der Waals surface area contributed by atoms with Crippen LogP contribution in [0.3, 0.4) is 0 Å². The summed E-state index contributed by atoms with van der Waals surface area (Å²) < 4.78 is 0. The molecule has 0 bridgehead atoms. The zero-order valence-electron chi connectivity index (χ0n) is 13.2. The van der Waals surface area contributed by atoms with Gasteiger partial charge in [-0.15, -0.1) is 0 Å². The summed E-state index contributed by atoms with van der Waals surface area (Å²) in [6, 6.07) is -0.283. The van der Waals surface area contributed by atoms with Crippen molar-refractivity contribution in [2.75, 3.05) is 6.54 Å². The zero-order valence-corrected chi connectivity index (χ0v) is 13.2. The summed E-state index contributed by atoms with van der Waals surface area (Å²) in [4.78, 5) is 27.6. The Morgan fingerprint density at radius 3 is 2.48 bits per heavy atom. The molecule has 1 heterocycles. The number of nitrogens with zero attached hydrogens (tertiary/aromatic N) is 1. The monoisotopic (exact) mass is 292 g/mol. The number of amides is 2. The number of hydrogen-bond acceptors (Lipinski definition) is 2. The van der Waals surface area contributed by atoms with Crippen molar-refractivity contribution in [3.63, 3.8) is 0 Å². The van der Waals surface area contributed by atoms with Crippen LogP contribution in [-0.4, -0.2) is 34.8 Å². The van der Waals surface area contributed by atoms with E-state index in [1.165, 1.54) is 19.3 Å². The fourth-order valence-corrected chi connectivity index (χ4v) is 4.04. The lowest BCUT2D eigenvalue weighted by Gasteiger charge is -2.50. The Kier molecular flexibility index (Phi) is 4.23. The molecule has 1 atom stereocenters. The Hall–Kier alpha value is -1.06. The zero-order chi connectivity index (χ0) is 14.9. The molecule has 4 nitrogen and oxygen atoms in total. The highest BCUT2D eigenvalue weighted by atomic mass is 16.2. The van der Waals surface area contributed by atoms with Gasteiger partial charge in [0.05, 0.1) is 0 Å². The Balaban J connectivity index is 1.80. The Morgan fingerprint density at radius 1 is 1.14 bits per heavy atom. The molecule has 1 saturated heterocycles. The van der Waals surface area contributed by atoms with E-state index in [1.807, 2.05) is 4.90 Å². The number of hydrogen-bond donors (Lipinski definition) is 1. The van der Waals surface area contributed by atoms with Gasteiger partial charge in [0.1, 0.15) is 11.6 Å². The molecular weight excluding hydrogens is 264 g/mol. The minimum Gasteiger partial charge on any atom is -0.342 e. The summed E-state index contributed by atoms with van der Waals surface area (Å²) >= 11 is 0. The molecule has 0 radical (unpaired) electrons. The molecule has 3 fully saturated rings. The third-order valence-electron chi connectivity index (χ3n) is 5.52. The smallest absolute Gasteiger partial charge is 0.246 e. The standard InChI is InChI=1S/C17H28N2O2/c1-2-6-14-15(20)19(12-9-13-7-8-13)17(16(21)18-14)10-4-3-5-11-17/h13-14H,2-12H2,1H3,(H,18,21). The van der Waals surface area contributed by atoms with Gasteiger partial charge in [0.25, 0.3) is 0 Å². The molecule has 1 N–H and O–H groups in total. The molecule has 3 rings (SSSR count). The fraction of sp³-hybridized carbons (Fsp3) is 0.882. The van der Waals surface area contributed by atoms with Crippen molar-refractivity contribution in [3.05, 3.63) is 0 Å². The molecule has 0 aromatic heterocycles. The minimum atomic E-state index is -0.519. The lowest BCUT2D eigenvalue weighted by molar-refractivity contribution is -0.160. The molecular formula is C17H28N2O2. The number of rotatable bonds is 5. The highest BCUT2D eigenvalue weighted by Crippen LogP contribution is 2.39. The molecule has 1 spiro atoms. The largest absolute Gasteiger partial charge is 0.342 e. The summed E-state index contributed by atoms with van der Waals surface area (Å²) in [5.74, 6) is 1.10. The molecule has 2 aliphatic carbocycles. The van der Waals surface area contributed by atoms with Gasteiger partial charge in [0, 0.05) is 6.54 Å². The van der Waals surface area contributed by atoms with Crippen molar-refractivity contribution in [2.24, 2.45) is 5.92 Å². The van der Waals surface area contributed by atoms with Crippen LogP contribution >= 0.6 is 0 Å². The van der Waals surface area contributed by atoms with Crippen LogP contribution in [0.5, 0.6) is 0 Å². The average Bonchev–Trinajstić information content (AvgIpc) is 3.30. The first-order valence-corrected chi connectivity index (χ1v) is 8.80. The van der Waals surface area contributed by atoms with Gasteiger partial charge in [-0.1, -0.05) is 45.4 Å². The fourth-order valence-electron chi connectivity index (χ4n) is 4.04. The van der Waals surface area contributed by atoms with Crippen LogP contribution in [0.2, 0.25) is 0 Å². The topological polar surface area (TPSA) is 49.4 Å². The van der Waals surface area contributed by atoms with E-state index in [0.29, 0.717) is 0 Å². The summed E-state index contributed by atoms with van der Waals surface area (Å²) in [6.07, 6.45) is 10.4. The van der Waals surface area contributed by atoms with Crippen LogP contribution in [0.4, 0.5) is 0 Å². The minimum absolute atomic E-state index is 0.121. The lowest BCUT2D eigenvalue weighted by Crippen LogP contribution is -2.71. The van der Waals surface area contributed by atoms with Gasteiger partial charge in [0.2, 0.25) is 11.8 Å². The van der Waals surface area contributed by atoms with E-state index in [2.05, 4.69) is 12.2 Å². The maximum Gasteiger partial charge on any atom is 0.246 e. The van der Waals surface area contributed by atoms with Crippen LogP contribution in [-0.2, 0) is 9.59 Å². The van der Waals surface area contributed by atoms with Gasteiger partial charge in [-0.25, -0.2) is 0 Å². The first-order chi connectivity index (χ1) is 10.2. The van der Waals surface area contributed by atoms with E-state index in [-0.39, 0.29) is 17.9 Å². The van der Waals surface area contributed by atoms with Gasteiger partial charge in [-0.3, -0.25) is 9.59 Å². The van der Waals surface area contributed by atoms with Crippen molar-refractivity contribution >= 4 is 11.8 Å². The van der Waals surface area contributed by atoms with Crippen LogP contribution in [0.25, 0.3) is 0 Å². The van der Waals surface area contributed by atoms with Crippen molar-refractivity contribution in [1.29, 1.82) is 0 Å². The Morgan fingerprint density at radius 2 is 1.86 bits per heavy atom. The Bertz CT molecular complexity index is 411. The summed E-state index contributed by atoms with van der Waals surface area (Å²) in [7, 11) is 0. The van der Waals surface area contributed by atoms with Gasteiger partial charge in [-0.2, -0.15) is 0 Å². The van der Waals surface area contributed by atoms with Crippen molar-refractivity contribution in [2.45, 2.75) is 82.7 Å². The van der Waals surface area contributed by atoms with E-state index >= 15 is 0 Å². The number of piperazine rings is 1. The maximum atomic E-state index is 12.9. The predicted molar refractivity (Wildman–Crippen MR) is 81.7 cm³/mol. The van der Waals surface area contributed by atoms with E-state index < -0.39 is 5.54 Å². The van der Waals surface area contributed by atoms with Crippen LogP contribution in [0, 0.1) is 5.92 Å². The van der Waals surface area contributed by atoms with Gasteiger partial charge >= 0.3 is 0 Å². The summed E-state index contributed by atoms with van der Waals surface area (Å²) in [6.45, 7) is 2.86. The third kappa shape index (κ3) is 2.82. The average molecular weight is 292 g/mol.